The van der Waals surface area contributed by atoms with Crippen LogP contribution in [0.1, 0.15) is 0 Å². The first-order valence-corrected chi connectivity index (χ1v) is 5.66. The second-order valence-electron chi connectivity index (χ2n) is 1.80. The van der Waals surface area contributed by atoms with Crippen LogP contribution in [0, 0.1) is 0 Å². The van der Waals surface area contributed by atoms with Crippen molar-refractivity contribution in [1.82, 2.24) is 9.44 Å². The van der Waals surface area contributed by atoms with Crippen LogP contribution in [0.2, 0.25) is 0 Å². The molecule has 0 spiro atoms. The zero-order valence-corrected chi connectivity index (χ0v) is 7.50. The molecule has 0 rings (SSSR count). The van der Waals surface area contributed by atoms with Crippen LogP contribution in [0.15, 0.2) is 0 Å². The van der Waals surface area contributed by atoms with Gasteiger partial charge in [-0.05, 0) is 0 Å². The molecule has 0 amide bonds. The maximum atomic E-state index is 10.4. The van der Waals surface area contributed by atoms with Crippen molar-refractivity contribution in [2.24, 2.45) is 0 Å². The molecule has 0 bridgehead atoms. The molecule has 11 heavy (non-hydrogen) atoms. The molecule has 68 valence electrons. The van der Waals surface area contributed by atoms with E-state index in [4.69, 9.17) is 0 Å². The van der Waals surface area contributed by atoms with E-state index in [1.165, 1.54) is 0 Å². The predicted octanol–water partition coefficient (Wildman–Crippen LogP) is -2.08. The lowest BCUT2D eigenvalue weighted by molar-refractivity contribution is 0.522. The van der Waals surface area contributed by atoms with Crippen LogP contribution in [0.25, 0.3) is 0 Å². The van der Waals surface area contributed by atoms with Crippen LogP contribution in [0.5, 0.6) is 0 Å². The summed E-state index contributed by atoms with van der Waals surface area (Å²) in [5, 5.41) is 0. The lowest BCUT2D eigenvalue weighted by atomic mass is 10.7. The Bertz CT molecular complexity index is 223. The maximum Gasteiger partial charge on any atom is 0.208 e. The third-order valence-electron chi connectivity index (χ3n) is 0.709. The molecule has 6 nitrogen and oxygen atoms in total. The summed E-state index contributed by atoms with van der Waals surface area (Å²) >= 11 is -2.33. The number of rotatable bonds is 5. The minimum Gasteiger partial charge on any atom is -0.760 e. The van der Waals surface area contributed by atoms with Gasteiger partial charge in [0.05, 0.1) is 6.26 Å². The van der Waals surface area contributed by atoms with E-state index in [0.29, 0.717) is 0 Å². The highest BCUT2D eigenvalue weighted by molar-refractivity contribution is 7.88. The molecule has 0 aromatic carbocycles. The Morgan fingerprint density at radius 2 is 2.00 bits per heavy atom. The van der Waals surface area contributed by atoms with Crippen LogP contribution in [-0.4, -0.2) is 36.5 Å². The van der Waals surface area contributed by atoms with Crippen LogP contribution >= 0.6 is 0 Å². The van der Waals surface area contributed by atoms with Crippen LogP contribution in [0.4, 0.5) is 0 Å². The van der Waals surface area contributed by atoms with Gasteiger partial charge in [0.15, 0.2) is 0 Å². The van der Waals surface area contributed by atoms with E-state index in [1.807, 2.05) is 4.72 Å². The molecule has 0 aromatic rings. The topological polar surface area (TPSA) is 98.3 Å². The molecule has 0 aliphatic carbocycles. The van der Waals surface area contributed by atoms with Gasteiger partial charge in [-0.2, -0.15) is 0 Å². The zero-order chi connectivity index (χ0) is 8.91. The average molecular weight is 201 g/mol. The molecule has 0 heterocycles. The van der Waals surface area contributed by atoms with Crippen molar-refractivity contribution >= 4 is 21.3 Å². The van der Waals surface area contributed by atoms with E-state index in [-0.39, 0.29) is 13.1 Å². The van der Waals surface area contributed by atoms with Crippen molar-refractivity contribution in [3.8, 4) is 0 Å². The van der Waals surface area contributed by atoms with Crippen LogP contribution in [0.3, 0.4) is 0 Å². The smallest absolute Gasteiger partial charge is 0.208 e. The highest BCUT2D eigenvalue weighted by atomic mass is 32.2. The van der Waals surface area contributed by atoms with Crippen molar-refractivity contribution < 1.29 is 17.2 Å². The highest BCUT2D eigenvalue weighted by Gasteiger charge is 1.97. The van der Waals surface area contributed by atoms with Gasteiger partial charge in [0.1, 0.15) is 0 Å². The van der Waals surface area contributed by atoms with Crippen molar-refractivity contribution in [3.05, 3.63) is 0 Å². The number of hydrogen-bond donors (Lipinski definition) is 2. The van der Waals surface area contributed by atoms with E-state index in [9.17, 15) is 17.2 Å². The van der Waals surface area contributed by atoms with Crippen LogP contribution < -0.4 is 9.44 Å². The van der Waals surface area contributed by atoms with Crippen molar-refractivity contribution in [2.75, 3.05) is 19.3 Å². The molecule has 1 atom stereocenters. The van der Waals surface area contributed by atoms with Crippen LogP contribution in [-0.2, 0) is 21.3 Å². The summed E-state index contributed by atoms with van der Waals surface area (Å²) in [7, 11) is -3.21. The Labute approximate surface area is 67.8 Å². The fourth-order valence-corrected chi connectivity index (χ4v) is 1.11. The Balaban J connectivity index is 3.37. The van der Waals surface area contributed by atoms with Gasteiger partial charge in [0.2, 0.25) is 10.0 Å². The Morgan fingerprint density at radius 1 is 1.45 bits per heavy atom. The Morgan fingerprint density at radius 3 is 2.36 bits per heavy atom. The number of hydrogen-bond acceptors (Lipinski definition) is 4. The molecule has 0 saturated carbocycles. The lowest BCUT2D eigenvalue weighted by Crippen LogP contribution is -2.31. The summed E-state index contributed by atoms with van der Waals surface area (Å²) in [5.41, 5.74) is 0. The Hall–Kier alpha value is -0.0200. The molecule has 8 heteroatoms. The first-order chi connectivity index (χ1) is 4.92. The molecule has 0 aromatic heterocycles. The molecule has 0 radical (unpaired) electrons. The maximum absolute atomic E-state index is 10.4. The van der Waals surface area contributed by atoms with Crippen molar-refractivity contribution in [1.29, 1.82) is 0 Å². The van der Waals surface area contributed by atoms with Gasteiger partial charge in [-0.3, -0.25) is 4.21 Å². The zero-order valence-electron chi connectivity index (χ0n) is 5.86. The minimum atomic E-state index is -3.21. The monoisotopic (exact) mass is 201 g/mol. The van der Waals surface area contributed by atoms with Crippen molar-refractivity contribution in [3.63, 3.8) is 0 Å². The SMILES string of the molecule is CS(=O)(=O)NCCNS(=O)[O-]. The van der Waals surface area contributed by atoms with Gasteiger partial charge >= 0.3 is 0 Å². The summed E-state index contributed by atoms with van der Waals surface area (Å²) in [5.74, 6) is 0. The van der Waals surface area contributed by atoms with Gasteiger partial charge < -0.3 is 4.55 Å². The Kier molecular flexibility index (Phi) is 4.77. The molecule has 0 aliphatic heterocycles. The van der Waals surface area contributed by atoms with Gasteiger partial charge in [0.25, 0.3) is 0 Å². The summed E-state index contributed by atoms with van der Waals surface area (Å²) in [6.45, 7) is 0.121. The third kappa shape index (κ3) is 9.98. The standard InChI is InChI=1S/C3H10N2O4S2/c1-11(8,9)5-3-2-4-10(6)7/h4-5H,2-3H2,1H3,(H,6,7)/p-1. The number of sulfonamides is 1. The molecule has 2 N–H and O–H groups in total. The fraction of sp³-hybridized carbons (Fsp3) is 1.00. The van der Waals surface area contributed by atoms with E-state index < -0.39 is 21.3 Å². The highest BCUT2D eigenvalue weighted by Crippen LogP contribution is 1.71. The second-order valence-corrected chi connectivity index (χ2v) is 4.39. The average Bonchev–Trinajstić information content (AvgIpc) is 1.78. The summed E-state index contributed by atoms with van der Waals surface area (Å²) in [6, 6.07) is 0. The van der Waals surface area contributed by atoms with Gasteiger partial charge in [0, 0.05) is 24.4 Å². The first-order valence-electron chi connectivity index (χ1n) is 2.69. The fourth-order valence-electron chi connectivity index (χ4n) is 0.371. The third-order valence-corrected chi connectivity index (χ3v) is 1.88. The van der Waals surface area contributed by atoms with Gasteiger partial charge in [-0.15, -0.1) is 0 Å². The second kappa shape index (κ2) is 4.78. The van der Waals surface area contributed by atoms with E-state index in [1.54, 1.807) is 0 Å². The largest absolute Gasteiger partial charge is 0.760 e. The quantitative estimate of drug-likeness (QED) is 0.394. The summed E-state index contributed by atoms with van der Waals surface area (Å²) < 4.78 is 44.6. The predicted molar refractivity (Wildman–Crippen MR) is 39.8 cm³/mol. The molecule has 0 saturated heterocycles. The molecule has 0 aliphatic rings. The lowest BCUT2D eigenvalue weighted by Gasteiger charge is -2.06. The normalized spacial score (nSPS) is 14.7. The molecular formula is C3H9N2O4S2-. The van der Waals surface area contributed by atoms with Crippen molar-refractivity contribution in [2.45, 2.75) is 0 Å². The summed E-state index contributed by atoms with van der Waals surface area (Å²) in [6.07, 6.45) is 1.00. The minimum absolute atomic E-state index is 0.0587. The van der Waals surface area contributed by atoms with Gasteiger partial charge in [-0.25, -0.2) is 17.9 Å². The summed E-state index contributed by atoms with van der Waals surface area (Å²) in [4.78, 5) is 0. The first kappa shape index (κ1) is 11.0. The molecule has 0 fully saturated rings. The number of nitrogens with one attached hydrogen (secondary N) is 2. The van der Waals surface area contributed by atoms with E-state index >= 15 is 0 Å². The van der Waals surface area contributed by atoms with E-state index in [0.717, 1.165) is 6.26 Å². The van der Waals surface area contributed by atoms with E-state index in [2.05, 4.69) is 4.72 Å². The molecule has 1 unspecified atom stereocenters. The molecular weight excluding hydrogens is 192 g/mol. The van der Waals surface area contributed by atoms with Gasteiger partial charge in [-0.1, -0.05) is 0 Å².